The van der Waals surface area contributed by atoms with E-state index < -0.39 is 29.8 Å². The molecule has 0 saturated carbocycles. The summed E-state index contributed by atoms with van der Waals surface area (Å²) in [4.78, 5) is 37.2. The van der Waals surface area contributed by atoms with E-state index >= 15 is 0 Å². The summed E-state index contributed by atoms with van der Waals surface area (Å²) < 4.78 is 9.91. The van der Waals surface area contributed by atoms with Crippen LogP contribution in [0.25, 0.3) is 0 Å². The summed E-state index contributed by atoms with van der Waals surface area (Å²) in [6.45, 7) is 6.87. The lowest BCUT2D eigenvalue weighted by Crippen LogP contribution is -2.48. The van der Waals surface area contributed by atoms with Crippen LogP contribution in [0.4, 0.5) is 0 Å². The van der Waals surface area contributed by atoms with Crippen molar-refractivity contribution in [3.63, 3.8) is 0 Å². The van der Waals surface area contributed by atoms with Crippen LogP contribution in [0.1, 0.15) is 45.7 Å². The number of halogens is 1. The summed E-state index contributed by atoms with van der Waals surface area (Å²) in [6, 6.07) is 5.79. The molecule has 8 heteroatoms. The number of hydrazine groups is 1. The average molecular weight is 399 g/mol. The molecule has 1 amide bonds. The largest absolute Gasteiger partial charge is 0.469 e. The van der Waals surface area contributed by atoms with Gasteiger partial charge in [0.15, 0.2) is 0 Å². The molecule has 0 saturated heterocycles. The van der Waals surface area contributed by atoms with E-state index in [4.69, 9.17) is 26.9 Å². The Balaban J connectivity index is 3.18. The Hall–Kier alpha value is -2.12. The van der Waals surface area contributed by atoms with Crippen molar-refractivity contribution in [1.29, 1.82) is 0 Å². The zero-order chi connectivity index (χ0) is 20.7. The highest BCUT2D eigenvalue weighted by atomic mass is 35.5. The van der Waals surface area contributed by atoms with Gasteiger partial charge in [-0.25, -0.2) is 5.84 Å². The number of benzene rings is 1. The normalized spacial score (nSPS) is 13.2. The number of hydrogen-bond acceptors (Lipinski definition) is 6. The maximum Gasteiger partial charge on any atom is 0.319 e. The molecule has 27 heavy (non-hydrogen) atoms. The van der Waals surface area contributed by atoms with E-state index in [-0.39, 0.29) is 18.4 Å². The zero-order valence-corrected chi connectivity index (χ0v) is 17.0. The van der Waals surface area contributed by atoms with Gasteiger partial charge < -0.3 is 9.47 Å². The maximum atomic E-state index is 13.0. The number of carbonyl (C=O) groups is 3. The molecule has 2 unspecified atom stereocenters. The van der Waals surface area contributed by atoms with Gasteiger partial charge in [0.05, 0.1) is 25.7 Å². The number of amides is 1. The molecule has 0 radical (unpaired) electrons. The third-order valence-corrected chi connectivity index (χ3v) is 4.22. The van der Waals surface area contributed by atoms with Gasteiger partial charge in [-0.2, -0.15) is 0 Å². The van der Waals surface area contributed by atoms with E-state index in [1.54, 1.807) is 52.0 Å². The van der Waals surface area contributed by atoms with Crippen LogP contribution in [0, 0.1) is 11.8 Å². The first-order valence-electron chi connectivity index (χ1n) is 8.69. The third kappa shape index (κ3) is 6.52. The van der Waals surface area contributed by atoms with Gasteiger partial charge in [-0.05, 0) is 37.5 Å². The van der Waals surface area contributed by atoms with E-state index in [9.17, 15) is 14.4 Å². The number of esters is 2. The second kappa shape index (κ2) is 10.3. The molecule has 0 aliphatic rings. The molecule has 0 heterocycles. The van der Waals surface area contributed by atoms with E-state index in [1.165, 1.54) is 7.11 Å². The number of carbonyl (C=O) groups excluding carboxylic acids is 3. The molecule has 0 fully saturated rings. The van der Waals surface area contributed by atoms with Gasteiger partial charge >= 0.3 is 11.9 Å². The molecule has 1 aromatic carbocycles. The van der Waals surface area contributed by atoms with Crippen molar-refractivity contribution in [3.05, 3.63) is 34.9 Å². The van der Waals surface area contributed by atoms with Crippen molar-refractivity contribution in [2.45, 2.75) is 46.3 Å². The Labute approximate surface area is 164 Å². The van der Waals surface area contributed by atoms with Gasteiger partial charge in [0, 0.05) is 5.02 Å². The summed E-state index contributed by atoms with van der Waals surface area (Å²) >= 11 is 5.91. The molecule has 0 aliphatic heterocycles. The van der Waals surface area contributed by atoms with Gasteiger partial charge in [-0.1, -0.05) is 37.6 Å². The summed E-state index contributed by atoms with van der Waals surface area (Å²) in [7, 11) is 1.25. The van der Waals surface area contributed by atoms with Gasteiger partial charge in [-0.3, -0.25) is 19.4 Å². The second-order valence-electron chi connectivity index (χ2n) is 6.80. The smallest absolute Gasteiger partial charge is 0.319 e. The van der Waals surface area contributed by atoms with Crippen molar-refractivity contribution in [2.75, 3.05) is 7.11 Å². The van der Waals surface area contributed by atoms with Crippen molar-refractivity contribution >= 4 is 29.4 Å². The van der Waals surface area contributed by atoms with Crippen molar-refractivity contribution in [2.24, 2.45) is 17.7 Å². The van der Waals surface area contributed by atoms with E-state index in [2.05, 4.69) is 0 Å². The standard InChI is InChI=1S/C19H27ClN2O5/c1-11(2)17(19(25)27-12(3)4)18(24)22(21)15(10-16(23)26-5)13-6-8-14(20)9-7-13/h6-9,11-12,15,17H,10,21H2,1-5H3. The van der Waals surface area contributed by atoms with Gasteiger partial charge in [0.25, 0.3) is 5.91 Å². The summed E-state index contributed by atoms with van der Waals surface area (Å²) in [6.07, 6.45) is -0.523. The van der Waals surface area contributed by atoms with Gasteiger partial charge in [-0.15, -0.1) is 0 Å². The lowest BCUT2D eigenvalue weighted by atomic mass is 9.93. The molecule has 150 valence electrons. The predicted octanol–water partition coefficient (Wildman–Crippen LogP) is 2.87. The van der Waals surface area contributed by atoms with Crippen LogP contribution >= 0.6 is 11.6 Å². The maximum absolute atomic E-state index is 13.0. The Kier molecular flexibility index (Phi) is 8.72. The van der Waals surface area contributed by atoms with Crippen molar-refractivity contribution < 1.29 is 23.9 Å². The Morgan fingerprint density at radius 2 is 1.67 bits per heavy atom. The van der Waals surface area contributed by atoms with Crippen LogP contribution < -0.4 is 5.84 Å². The van der Waals surface area contributed by atoms with Crippen LogP contribution in [0.3, 0.4) is 0 Å². The molecule has 2 atom stereocenters. The van der Waals surface area contributed by atoms with E-state index in [0.29, 0.717) is 10.6 Å². The van der Waals surface area contributed by atoms with Gasteiger partial charge in [0.1, 0.15) is 5.92 Å². The third-order valence-electron chi connectivity index (χ3n) is 3.97. The first-order chi connectivity index (χ1) is 12.6. The minimum absolute atomic E-state index is 0.162. The summed E-state index contributed by atoms with van der Waals surface area (Å²) in [5, 5.41) is 1.41. The molecule has 0 bridgehead atoms. The van der Waals surface area contributed by atoms with Crippen LogP contribution in [0.15, 0.2) is 24.3 Å². The molecule has 0 aromatic heterocycles. The Morgan fingerprint density at radius 1 is 1.11 bits per heavy atom. The number of nitrogens with two attached hydrogens (primary N) is 1. The minimum atomic E-state index is -1.08. The SMILES string of the molecule is COC(=O)CC(c1ccc(Cl)cc1)N(N)C(=O)C(C(=O)OC(C)C)C(C)C. The fourth-order valence-corrected chi connectivity index (χ4v) is 2.71. The average Bonchev–Trinajstić information content (AvgIpc) is 2.58. The number of nitrogens with zero attached hydrogens (tertiary/aromatic N) is 1. The van der Waals surface area contributed by atoms with Crippen LogP contribution in [-0.4, -0.2) is 36.1 Å². The van der Waals surface area contributed by atoms with Crippen LogP contribution in [-0.2, 0) is 23.9 Å². The highest BCUT2D eigenvalue weighted by Gasteiger charge is 2.37. The molecule has 0 spiro atoms. The molecular weight excluding hydrogens is 372 g/mol. The lowest BCUT2D eigenvalue weighted by molar-refractivity contribution is -0.162. The van der Waals surface area contributed by atoms with Crippen LogP contribution in [0.2, 0.25) is 5.02 Å². The number of hydrogen-bond donors (Lipinski definition) is 1. The topological polar surface area (TPSA) is 98.9 Å². The lowest BCUT2D eigenvalue weighted by Gasteiger charge is -2.31. The number of ether oxygens (including phenoxy) is 2. The Morgan fingerprint density at radius 3 is 2.11 bits per heavy atom. The molecule has 7 nitrogen and oxygen atoms in total. The van der Waals surface area contributed by atoms with Crippen LogP contribution in [0.5, 0.6) is 0 Å². The van der Waals surface area contributed by atoms with E-state index in [0.717, 1.165) is 5.01 Å². The fraction of sp³-hybridized carbons (Fsp3) is 0.526. The Bertz CT molecular complexity index is 661. The van der Waals surface area contributed by atoms with Gasteiger partial charge in [0.2, 0.25) is 0 Å². The molecular formula is C19H27ClN2O5. The predicted molar refractivity (Wildman–Crippen MR) is 101 cm³/mol. The first-order valence-corrected chi connectivity index (χ1v) is 9.06. The van der Waals surface area contributed by atoms with Crippen molar-refractivity contribution in [3.8, 4) is 0 Å². The highest BCUT2D eigenvalue weighted by molar-refractivity contribution is 6.30. The molecule has 2 N–H and O–H groups in total. The highest BCUT2D eigenvalue weighted by Crippen LogP contribution is 2.27. The van der Waals surface area contributed by atoms with Crippen molar-refractivity contribution in [1.82, 2.24) is 5.01 Å². The number of methoxy groups -OCH3 is 1. The minimum Gasteiger partial charge on any atom is -0.469 e. The summed E-state index contributed by atoms with van der Waals surface area (Å²) in [5.41, 5.74) is 0.598. The second-order valence-corrected chi connectivity index (χ2v) is 7.24. The molecule has 0 aliphatic carbocycles. The summed E-state index contributed by atoms with van der Waals surface area (Å²) in [5.74, 6) is 2.86. The molecule has 1 aromatic rings. The first kappa shape index (κ1) is 22.9. The fourth-order valence-electron chi connectivity index (χ4n) is 2.58. The zero-order valence-electron chi connectivity index (χ0n) is 16.3. The number of rotatable bonds is 8. The molecule has 1 rings (SSSR count). The monoisotopic (exact) mass is 398 g/mol. The quantitative estimate of drug-likeness (QED) is 0.237. The van der Waals surface area contributed by atoms with E-state index in [1.807, 2.05) is 0 Å².